The minimum Gasteiger partial charge on any atom is -0.339 e. The number of nitrogens with two attached hydrogens (primary N) is 1. The van der Waals surface area contributed by atoms with Crippen LogP contribution in [0.4, 0.5) is 5.69 Å². The van der Waals surface area contributed by atoms with Crippen molar-refractivity contribution in [3.8, 4) is 0 Å². The minimum atomic E-state index is -0.485. The van der Waals surface area contributed by atoms with Gasteiger partial charge in [-0.1, -0.05) is 13.3 Å². The van der Waals surface area contributed by atoms with Crippen molar-refractivity contribution in [1.29, 1.82) is 0 Å². The van der Waals surface area contributed by atoms with E-state index in [0.29, 0.717) is 17.7 Å². The molecule has 2 amide bonds. The molecule has 0 aromatic heterocycles. The number of amides is 2. The normalized spacial score (nSPS) is 15.8. The summed E-state index contributed by atoms with van der Waals surface area (Å²) in [6.45, 7) is 3.66. The highest BCUT2D eigenvalue weighted by Crippen LogP contribution is 2.15. The lowest BCUT2D eigenvalue weighted by Crippen LogP contribution is -2.35. The molecule has 1 unspecified atom stereocenters. The molecular formula is C16H23N3O2. The van der Waals surface area contributed by atoms with E-state index in [1.165, 1.54) is 0 Å². The summed E-state index contributed by atoms with van der Waals surface area (Å²) in [5, 5.41) is 2.77. The molecule has 1 heterocycles. The van der Waals surface area contributed by atoms with E-state index in [1.807, 2.05) is 11.8 Å². The summed E-state index contributed by atoms with van der Waals surface area (Å²) >= 11 is 0. The van der Waals surface area contributed by atoms with Gasteiger partial charge in [-0.3, -0.25) is 9.59 Å². The number of benzene rings is 1. The zero-order valence-electron chi connectivity index (χ0n) is 12.5. The lowest BCUT2D eigenvalue weighted by molar-refractivity contribution is -0.117. The number of nitrogens with zero attached hydrogens (tertiary/aromatic N) is 1. The summed E-state index contributed by atoms with van der Waals surface area (Å²) in [7, 11) is 0. The van der Waals surface area contributed by atoms with Gasteiger partial charge in [0.05, 0.1) is 6.04 Å². The summed E-state index contributed by atoms with van der Waals surface area (Å²) in [5.41, 5.74) is 7.09. The fourth-order valence-electron chi connectivity index (χ4n) is 2.48. The Bertz CT molecular complexity index is 493. The third kappa shape index (κ3) is 4.04. The molecule has 3 N–H and O–H groups in total. The van der Waals surface area contributed by atoms with Crippen LogP contribution in [-0.2, 0) is 4.79 Å². The van der Waals surface area contributed by atoms with Crippen LogP contribution in [0.25, 0.3) is 0 Å². The van der Waals surface area contributed by atoms with Crippen molar-refractivity contribution in [2.45, 2.75) is 38.6 Å². The molecule has 1 aromatic rings. The van der Waals surface area contributed by atoms with E-state index >= 15 is 0 Å². The molecule has 1 aromatic carbocycles. The highest BCUT2D eigenvalue weighted by atomic mass is 16.2. The molecule has 1 atom stereocenters. The molecule has 0 aliphatic carbocycles. The third-order valence-corrected chi connectivity index (χ3v) is 3.73. The summed E-state index contributed by atoms with van der Waals surface area (Å²) < 4.78 is 0. The van der Waals surface area contributed by atoms with E-state index in [0.717, 1.165) is 32.4 Å². The molecule has 1 aliphatic heterocycles. The highest BCUT2D eigenvalue weighted by Gasteiger charge is 2.19. The maximum Gasteiger partial charge on any atom is 0.253 e. The van der Waals surface area contributed by atoms with Crippen molar-refractivity contribution in [3.63, 3.8) is 0 Å². The summed E-state index contributed by atoms with van der Waals surface area (Å²) in [4.78, 5) is 25.9. The molecule has 0 saturated carbocycles. The number of likely N-dealkylation sites (tertiary alicyclic amines) is 1. The van der Waals surface area contributed by atoms with Crippen LogP contribution in [0.15, 0.2) is 24.3 Å². The molecule has 1 fully saturated rings. The van der Waals surface area contributed by atoms with E-state index in [1.54, 1.807) is 24.3 Å². The van der Waals surface area contributed by atoms with Crippen LogP contribution in [0.2, 0.25) is 0 Å². The molecule has 5 nitrogen and oxygen atoms in total. The molecule has 1 aliphatic rings. The second-order valence-corrected chi connectivity index (χ2v) is 5.46. The topological polar surface area (TPSA) is 75.4 Å². The summed E-state index contributed by atoms with van der Waals surface area (Å²) in [6, 6.07) is 6.52. The predicted molar refractivity (Wildman–Crippen MR) is 83.1 cm³/mol. The van der Waals surface area contributed by atoms with Crippen LogP contribution in [0.3, 0.4) is 0 Å². The Kier molecular flexibility index (Phi) is 5.33. The Morgan fingerprint density at radius 2 is 1.86 bits per heavy atom. The van der Waals surface area contributed by atoms with Gasteiger partial charge in [-0.05, 0) is 43.5 Å². The highest BCUT2D eigenvalue weighted by molar-refractivity contribution is 5.97. The molecular weight excluding hydrogens is 266 g/mol. The first-order valence-corrected chi connectivity index (χ1v) is 7.57. The molecule has 21 heavy (non-hydrogen) atoms. The van der Waals surface area contributed by atoms with Gasteiger partial charge in [-0.25, -0.2) is 0 Å². The molecule has 0 bridgehead atoms. The molecule has 2 rings (SSSR count). The Balaban J connectivity index is 1.95. The second-order valence-electron chi connectivity index (χ2n) is 5.46. The van der Waals surface area contributed by atoms with Crippen molar-refractivity contribution < 1.29 is 9.59 Å². The van der Waals surface area contributed by atoms with Gasteiger partial charge in [-0.2, -0.15) is 0 Å². The van der Waals surface area contributed by atoms with E-state index < -0.39 is 6.04 Å². The Labute approximate surface area is 125 Å². The molecule has 0 spiro atoms. The van der Waals surface area contributed by atoms with Crippen molar-refractivity contribution >= 4 is 17.5 Å². The predicted octanol–water partition coefficient (Wildman–Crippen LogP) is 1.99. The standard InChI is InChI=1S/C16H23N3O2/c1-2-5-14(17)15(20)18-13-8-6-12(7-9-13)16(21)19-10-3-4-11-19/h6-9,14H,2-5,10-11,17H2,1H3,(H,18,20). The zero-order valence-corrected chi connectivity index (χ0v) is 12.5. The fourth-order valence-corrected chi connectivity index (χ4v) is 2.48. The fraction of sp³-hybridized carbons (Fsp3) is 0.500. The number of hydrogen-bond donors (Lipinski definition) is 2. The zero-order chi connectivity index (χ0) is 15.2. The maximum atomic E-state index is 12.2. The Morgan fingerprint density at radius 3 is 2.43 bits per heavy atom. The summed E-state index contributed by atoms with van der Waals surface area (Å²) in [5.74, 6) is -0.122. The van der Waals surface area contributed by atoms with Crippen molar-refractivity contribution in [3.05, 3.63) is 29.8 Å². The first-order chi connectivity index (χ1) is 10.1. The van der Waals surface area contributed by atoms with Crippen LogP contribution < -0.4 is 11.1 Å². The van der Waals surface area contributed by atoms with Crippen LogP contribution >= 0.6 is 0 Å². The molecule has 114 valence electrons. The van der Waals surface area contributed by atoms with Gasteiger partial charge in [0.15, 0.2) is 0 Å². The van der Waals surface area contributed by atoms with Crippen molar-refractivity contribution in [2.24, 2.45) is 5.73 Å². The first-order valence-electron chi connectivity index (χ1n) is 7.57. The van der Waals surface area contributed by atoms with E-state index in [9.17, 15) is 9.59 Å². The van der Waals surface area contributed by atoms with Gasteiger partial charge in [0, 0.05) is 24.3 Å². The average Bonchev–Trinajstić information content (AvgIpc) is 3.01. The summed E-state index contributed by atoms with van der Waals surface area (Å²) in [6.07, 6.45) is 3.69. The third-order valence-electron chi connectivity index (χ3n) is 3.73. The second kappa shape index (κ2) is 7.22. The van der Waals surface area contributed by atoms with Crippen LogP contribution in [0.1, 0.15) is 43.0 Å². The van der Waals surface area contributed by atoms with Gasteiger partial charge < -0.3 is 16.0 Å². The van der Waals surface area contributed by atoms with Crippen molar-refractivity contribution in [2.75, 3.05) is 18.4 Å². The van der Waals surface area contributed by atoms with Gasteiger partial charge in [0.2, 0.25) is 5.91 Å². The van der Waals surface area contributed by atoms with Crippen LogP contribution in [-0.4, -0.2) is 35.8 Å². The minimum absolute atomic E-state index is 0.0630. The van der Waals surface area contributed by atoms with Gasteiger partial charge in [0.1, 0.15) is 0 Å². The smallest absolute Gasteiger partial charge is 0.253 e. The van der Waals surface area contributed by atoms with Gasteiger partial charge in [-0.15, -0.1) is 0 Å². The quantitative estimate of drug-likeness (QED) is 0.870. The van der Waals surface area contributed by atoms with Crippen LogP contribution in [0, 0.1) is 0 Å². The van der Waals surface area contributed by atoms with Gasteiger partial charge >= 0.3 is 0 Å². The van der Waals surface area contributed by atoms with Gasteiger partial charge in [0.25, 0.3) is 5.91 Å². The largest absolute Gasteiger partial charge is 0.339 e. The molecule has 5 heteroatoms. The molecule has 1 saturated heterocycles. The number of carbonyl (C=O) groups excluding carboxylic acids is 2. The number of nitrogens with one attached hydrogen (secondary N) is 1. The SMILES string of the molecule is CCCC(N)C(=O)Nc1ccc(C(=O)N2CCCC2)cc1. The number of hydrogen-bond acceptors (Lipinski definition) is 3. The van der Waals surface area contributed by atoms with E-state index in [-0.39, 0.29) is 11.8 Å². The number of anilines is 1. The van der Waals surface area contributed by atoms with Crippen LogP contribution in [0.5, 0.6) is 0 Å². The monoisotopic (exact) mass is 289 g/mol. The lowest BCUT2D eigenvalue weighted by atomic mass is 10.1. The number of carbonyl (C=O) groups is 2. The lowest BCUT2D eigenvalue weighted by Gasteiger charge is -2.15. The molecule has 0 radical (unpaired) electrons. The van der Waals surface area contributed by atoms with E-state index in [4.69, 9.17) is 5.73 Å². The Hall–Kier alpha value is -1.88. The average molecular weight is 289 g/mol. The Morgan fingerprint density at radius 1 is 1.24 bits per heavy atom. The van der Waals surface area contributed by atoms with Crippen molar-refractivity contribution in [1.82, 2.24) is 4.90 Å². The number of rotatable bonds is 5. The van der Waals surface area contributed by atoms with E-state index in [2.05, 4.69) is 5.32 Å². The maximum absolute atomic E-state index is 12.2. The first kappa shape index (κ1) is 15.5.